The minimum atomic E-state index is 0.208. The first kappa shape index (κ1) is 18.4. The van der Waals surface area contributed by atoms with Crippen molar-refractivity contribution < 1.29 is 4.79 Å². The van der Waals surface area contributed by atoms with Crippen LogP contribution in [0.5, 0.6) is 0 Å². The Kier molecular flexibility index (Phi) is 12.1. The highest BCUT2D eigenvalue weighted by molar-refractivity contribution is 5.80. The molecule has 19 heavy (non-hydrogen) atoms. The normalized spacial score (nSPS) is 12.2. The van der Waals surface area contributed by atoms with E-state index in [9.17, 15) is 4.79 Å². The van der Waals surface area contributed by atoms with Gasteiger partial charge in [0.25, 0.3) is 0 Å². The number of hydrogen-bond donors (Lipinski definition) is 0. The molecule has 1 atom stereocenters. The second kappa shape index (κ2) is 12.4. The van der Waals surface area contributed by atoms with Crippen molar-refractivity contribution in [2.75, 3.05) is 0 Å². The smallest absolute Gasteiger partial charge is 0.136 e. The maximum atomic E-state index is 11.9. The van der Waals surface area contributed by atoms with Crippen LogP contribution in [0, 0.1) is 5.92 Å². The van der Waals surface area contributed by atoms with Gasteiger partial charge in [0.2, 0.25) is 0 Å². The molecule has 0 rings (SSSR count). The molecule has 112 valence electrons. The van der Waals surface area contributed by atoms with Gasteiger partial charge >= 0.3 is 0 Å². The van der Waals surface area contributed by atoms with Crippen LogP contribution in [0.2, 0.25) is 0 Å². The zero-order valence-electron chi connectivity index (χ0n) is 13.6. The number of hydrogen-bond acceptors (Lipinski definition) is 1. The summed E-state index contributed by atoms with van der Waals surface area (Å²) < 4.78 is 0. The summed E-state index contributed by atoms with van der Waals surface area (Å²) in [5.74, 6) is 0.655. The van der Waals surface area contributed by atoms with Crippen molar-refractivity contribution in [3.05, 3.63) is 11.6 Å². The van der Waals surface area contributed by atoms with E-state index in [1.165, 1.54) is 50.5 Å². The van der Waals surface area contributed by atoms with Crippen LogP contribution in [0.4, 0.5) is 0 Å². The van der Waals surface area contributed by atoms with Gasteiger partial charge in [0, 0.05) is 12.3 Å². The molecule has 0 saturated heterocycles. The van der Waals surface area contributed by atoms with Gasteiger partial charge in [-0.25, -0.2) is 0 Å². The Balaban J connectivity index is 3.45. The molecule has 0 aliphatic heterocycles. The predicted molar refractivity (Wildman–Crippen MR) is 85.4 cm³/mol. The summed E-state index contributed by atoms with van der Waals surface area (Å²) in [6.45, 7) is 8.50. The fourth-order valence-electron chi connectivity index (χ4n) is 2.22. The van der Waals surface area contributed by atoms with Crippen LogP contribution in [0.15, 0.2) is 11.6 Å². The lowest BCUT2D eigenvalue weighted by Crippen LogP contribution is -2.09. The van der Waals surface area contributed by atoms with Crippen LogP contribution in [-0.2, 0) is 4.79 Å². The van der Waals surface area contributed by atoms with E-state index in [2.05, 4.69) is 33.8 Å². The molecule has 1 heteroatoms. The van der Waals surface area contributed by atoms with E-state index >= 15 is 0 Å². The average Bonchev–Trinajstić information content (AvgIpc) is 2.38. The second-order valence-corrected chi connectivity index (χ2v) is 6.11. The van der Waals surface area contributed by atoms with Crippen LogP contribution in [0.1, 0.15) is 91.9 Å². The lowest BCUT2D eigenvalue weighted by Gasteiger charge is -2.08. The summed E-state index contributed by atoms with van der Waals surface area (Å²) in [6.07, 6.45) is 14.3. The van der Waals surface area contributed by atoms with Gasteiger partial charge in [-0.2, -0.15) is 0 Å². The number of carbonyl (C=O) groups is 1. The molecule has 0 aromatic heterocycles. The number of unbranched alkanes of at least 4 members (excludes halogenated alkanes) is 7. The standard InChI is InChI=1S/C18H34O/c1-5-6-7-8-9-10-11-12-13-18(19)17(4)15-14-16(2)3/h14,17H,5-13,15H2,1-4H3. The highest BCUT2D eigenvalue weighted by Crippen LogP contribution is 2.14. The number of rotatable bonds is 12. The van der Waals surface area contributed by atoms with Crippen LogP contribution in [0.25, 0.3) is 0 Å². The SMILES string of the molecule is CCCCCCCCCCC(=O)C(C)CC=C(C)C. The monoisotopic (exact) mass is 266 g/mol. The minimum absolute atomic E-state index is 0.208. The number of carbonyl (C=O) groups excluding carboxylic acids is 1. The fourth-order valence-corrected chi connectivity index (χ4v) is 2.22. The van der Waals surface area contributed by atoms with Crippen LogP contribution >= 0.6 is 0 Å². The van der Waals surface area contributed by atoms with Gasteiger partial charge in [0.1, 0.15) is 5.78 Å². The minimum Gasteiger partial charge on any atom is -0.299 e. The zero-order valence-corrected chi connectivity index (χ0v) is 13.6. The molecule has 0 radical (unpaired) electrons. The van der Waals surface area contributed by atoms with Gasteiger partial charge in [-0.05, 0) is 26.7 Å². The molecule has 0 aromatic rings. The number of ketones is 1. The highest BCUT2D eigenvalue weighted by atomic mass is 16.1. The Bertz CT molecular complexity index is 248. The Hall–Kier alpha value is -0.590. The Labute approximate surface area is 120 Å². The van der Waals surface area contributed by atoms with E-state index in [4.69, 9.17) is 0 Å². The first-order valence-corrected chi connectivity index (χ1v) is 8.24. The first-order valence-electron chi connectivity index (χ1n) is 8.24. The largest absolute Gasteiger partial charge is 0.299 e. The Morgan fingerprint density at radius 2 is 1.47 bits per heavy atom. The van der Waals surface area contributed by atoms with Gasteiger partial charge in [0.05, 0.1) is 0 Å². The number of Topliss-reactive ketones (excluding diaryl/α,β-unsaturated/α-hetero) is 1. The molecule has 0 N–H and O–H groups in total. The Morgan fingerprint density at radius 3 is 2.00 bits per heavy atom. The molecule has 1 nitrogen and oxygen atoms in total. The van der Waals surface area contributed by atoms with Crippen LogP contribution in [-0.4, -0.2) is 5.78 Å². The summed E-state index contributed by atoms with van der Waals surface area (Å²) >= 11 is 0. The second-order valence-electron chi connectivity index (χ2n) is 6.11. The van der Waals surface area contributed by atoms with E-state index < -0.39 is 0 Å². The van der Waals surface area contributed by atoms with Crippen molar-refractivity contribution in [1.82, 2.24) is 0 Å². The van der Waals surface area contributed by atoms with E-state index in [0.29, 0.717) is 5.78 Å². The summed E-state index contributed by atoms with van der Waals surface area (Å²) in [7, 11) is 0. The van der Waals surface area contributed by atoms with Crippen molar-refractivity contribution >= 4 is 5.78 Å². The van der Waals surface area contributed by atoms with Crippen molar-refractivity contribution in [1.29, 1.82) is 0 Å². The first-order chi connectivity index (χ1) is 9.07. The van der Waals surface area contributed by atoms with Gasteiger partial charge in [-0.1, -0.05) is 70.4 Å². The van der Waals surface area contributed by atoms with Crippen molar-refractivity contribution in [2.24, 2.45) is 5.92 Å². The van der Waals surface area contributed by atoms with Gasteiger partial charge in [-0.3, -0.25) is 4.79 Å². The molecule has 0 aromatic carbocycles. The molecule has 0 fully saturated rings. The lowest BCUT2D eigenvalue weighted by atomic mass is 9.96. The topological polar surface area (TPSA) is 17.1 Å². The molecule has 1 unspecified atom stereocenters. The summed E-state index contributed by atoms with van der Waals surface area (Å²) in [6, 6.07) is 0. The fraction of sp³-hybridized carbons (Fsp3) is 0.833. The zero-order chi connectivity index (χ0) is 14.5. The van der Waals surface area contributed by atoms with Crippen molar-refractivity contribution in [3.8, 4) is 0 Å². The quantitative estimate of drug-likeness (QED) is 0.309. The molecule has 0 spiro atoms. The third-order valence-corrected chi connectivity index (χ3v) is 3.71. The summed E-state index contributed by atoms with van der Waals surface area (Å²) in [5.41, 5.74) is 1.31. The lowest BCUT2D eigenvalue weighted by molar-refractivity contribution is -0.122. The van der Waals surface area contributed by atoms with Gasteiger partial charge < -0.3 is 0 Å². The van der Waals surface area contributed by atoms with E-state index in [1.807, 2.05) is 0 Å². The Morgan fingerprint density at radius 1 is 0.947 bits per heavy atom. The molecule has 0 aliphatic carbocycles. The molecule has 0 heterocycles. The molecule has 0 amide bonds. The predicted octanol–water partition coefficient (Wildman–Crippen LogP) is 6.08. The van der Waals surface area contributed by atoms with Crippen molar-refractivity contribution in [2.45, 2.75) is 91.9 Å². The molecular formula is C18H34O. The van der Waals surface area contributed by atoms with Crippen LogP contribution < -0.4 is 0 Å². The van der Waals surface area contributed by atoms with Gasteiger partial charge in [-0.15, -0.1) is 0 Å². The maximum absolute atomic E-state index is 11.9. The van der Waals surface area contributed by atoms with E-state index in [-0.39, 0.29) is 5.92 Å². The number of allylic oxidation sites excluding steroid dienone is 2. The molecule has 0 saturated carbocycles. The molecular weight excluding hydrogens is 232 g/mol. The van der Waals surface area contributed by atoms with Crippen molar-refractivity contribution in [3.63, 3.8) is 0 Å². The van der Waals surface area contributed by atoms with E-state index in [1.54, 1.807) is 0 Å². The third kappa shape index (κ3) is 12.2. The summed E-state index contributed by atoms with van der Waals surface area (Å²) in [4.78, 5) is 11.9. The molecule has 0 bridgehead atoms. The van der Waals surface area contributed by atoms with Gasteiger partial charge in [0.15, 0.2) is 0 Å². The third-order valence-electron chi connectivity index (χ3n) is 3.71. The highest BCUT2D eigenvalue weighted by Gasteiger charge is 2.10. The average molecular weight is 266 g/mol. The maximum Gasteiger partial charge on any atom is 0.136 e. The van der Waals surface area contributed by atoms with E-state index in [0.717, 1.165) is 19.3 Å². The van der Waals surface area contributed by atoms with Crippen LogP contribution in [0.3, 0.4) is 0 Å². The summed E-state index contributed by atoms with van der Waals surface area (Å²) in [5, 5.41) is 0. The molecule has 0 aliphatic rings.